The number of hydrogen-bond donors (Lipinski definition) is 0. The van der Waals surface area contributed by atoms with Crippen molar-refractivity contribution >= 4 is 21.7 Å². The van der Waals surface area contributed by atoms with Gasteiger partial charge in [0.15, 0.2) is 0 Å². The van der Waals surface area contributed by atoms with Crippen molar-refractivity contribution in [2.75, 3.05) is 0 Å². The van der Waals surface area contributed by atoms with Crippen molar-refractivity contribution < 1.29 is 0 Å². The minimum Gasteiger partial charge on any atom is -0.256 e. The normalized spacial score (nSPS) is 11.2. The number of pyridine rings is 2. The van der Waals surface area contributed by atoms with Gasteiger partial charge in [-0.3, -0.25) is 9.97 Å². The van der Waals surface area contributed by atoms with Crippen molar-refractivity contribution in [3.05, 3.63) is 72.1 Å². The average Bonchev–Trinajstić information content (AvgIpc) is 2.58. The highest BCUT2D eigenvalue weighted by Crippen LogP contribution is 2.31. The van der Waals surface area contributed by atoms with Crippen molar-refractivity contribution in [1.29, 1.82) is 0 Å². The van der Waals surface area contributed by atoms with Crippen LogP contribution in [0.5, 0.6) is 0 Å². The first-order chi connectivity index (χ1) is 10.7. The Morgan fingerprint density at radius 2 is 1.55 bits per heavy atom. The van der Waals surface area contributed by atoms with E-state index in [9.17, 15) is 0 Å². The second kappa shape index (κ2) is 4.92. The molecule has 0 fully saturated rings. The van der Waals surface area contributed by atoms with E-state index in [2.05, 4.69) is 55.2 Å². The van der Waals surface area contributed by atoms with Crippen LogP contribution in [0.2, 0.25) is 0 Å². The van der Waals surface area contributed by atoms with Gasteiger partial charge in [0, 0.05) is 28.2 Å². The molecule has 2 heterocycles. The lowest BCUT2D eigenvalue weighted by molar-refractivity contribution is 1.18. The van der Waals surface area contributed by atoms with Gasteiger partial charge in [-0.15, -0.1) is 0 Å². The smallest absolute Gasteiger partial charge is 0.0799 e. The van der Waals surface area contributed by atoms with Gasteiger partial charge in [0.25, 0.3) is 0 Å². The van der Waals surface area contributed by atoms with E-state index in [1.807, 2.05) is 24.4 Å². The van der Waals surface area contributed by atoms with Gasteiger partial charge in [0.1, 0.15) is 0 Å². The van der Waals surface area contributed by atoms with Crippen LogP contribution in [0.15, 0.2) is 60.8 Å². The van der Waals surface area contributed by atoms with Crippen LogP contribution in [0, 0.1) is 13.8 Å². The molecular formula is C20H16N2. The van der Waals surface area contributed by atoms with E-state index in [1.165, 1.54) is 16.3 Å². The zero-order valence-electron chi connectivity index (χ0n) is 12.7. The topological polar surface area (TPSA) is 25.8 Å². The number of aromatic nitrogens is 2. The largest absolute Gasteiger partial charge is 0.256 e. The van der Waals surface area contributed by atoms with Gasteiger partial charge in [0.05, 0.1) is 11.2 Å². The maximum Gasteiger partial charge on any atom is 0.0799 e. The molecule has 0 spiro atoms. The Kier molecular flexibility index (Phi) is 2.90. The predicted octanol–water partition coefficient (Wildman–Crippen LogP) is 5.07. The summed E-state index contributed by atoms with van der Waals surface area (Å²) in [4.78, 5) is 9.41. The summed E-state index contributed by atoms with van der Waals surface area (Å²) >= 11 is 0. The summed E-state index contributed by atoms with van der Waals surface area (Å²) in [5.74, 6) is 0. The van der Waals surface area contributed by atoms with Crippen molar-refractivity contribution in [1.82, 2.24) is 9.97 Å². The number of benzene rings is 2. The van der Waals surface area contributed by atoms with E-state index in [-0.39, 0.29) is 0 Å². The number of nitrogens with zero attached hydrogens (tertiary/aromatic N) is 2. The van der Waals surface area contributed by atoms with Crippen molar-refractivity contribution in [3.63, 3.8) is 0 Å². The third-order valence-corrected chi connectivity index (χ3v) is 4.27. The van der Waals surface area contributed by atoms with E-state index in [4.69, 9.17) is 4.98 Å². The first kappa shape index (κ1) is 13.0. The predicted molar refractivity (Wildman–Crippen MR) is 92.0 cm³/mol. The molecule has 0 N–H and O–H groups in total. The van der Waals surface area contributed by atoms with Gasteiger partial charge in [-0.1, -0.05) is 42.5 Å². The summed E-state index contributed by atoms with van der Waals surface area (Å²) in [5.41, 5.74) is 5.41. The molecule has 0 aliphatic heterocycles. The third kappa shape index (κ3) is 1.96. The van der Waals surface area contributed by atoms with Crippen molar-refractivity contribution in [2.24, 2.45) is 0 Å². The Bertz CT molecular complexity index is 1000. The van der Waals surface area contributed by atoms with Gasteiger partial charge in [-0.05, 0) is 36.9 Å². The molecular weight excluding hydrogens is 268 g/mol. The van der Waals surface area contributed by atoms with Crippen LogP contribution in [0.1, 0.15) is 11.3 Å². The average molecular weight is 284 g/mol. The summed E-state index contributed by atoms with van der Waals surface area (Å²) in [5, 5.41) is 3.59. The van der Waals surface area contributed by atoms with Crippen molar-refractivity contribution in [2.45, 2.75) is 13.8 Å². The fraction of sp³-hybridized carbons (Fsp3) is 0.100. The van der Waals surface area contributed by atoms with Gasteiger partial charge >= 0.3 is 0 Å². The van der Waals surface area contributed by atoms with Gasteiger partial charge < -0.3 is 0 Å². The van der Waals surface area contributed by atoms with Gasteiger partial charge in [-0.25, -0.2) is 0 Å². The Balaban J connectivity index is 2.05. The molecule has 0 saturated carbocycles. The second-order valence-corrected chi connectivity index (χ2v) is 5.63. The van der Waals surface area contributed by atoms with Crippen LogP contribution in [0.3, 0.4) is 0 Å². The molecule has 0 radical (unpaired) electrons. The van der Waals surface area contributed by atoms with Crippen LogP contribution in [-0.2, 0) is 0 Å². The molecule has 4 rings (SSSR count). The monoisotopic (exact) mass is 284 g/mol. The number of rotatable bonds is 1. The Morgan fingerprint density at radius 3 is 2.41 bits per heavy atom. The number of para-hydroxylation sites is 1. The number of hydrogen-bond acceptors (Lipinski definition) is 2. The molecule has 22 heavy (non-hydrogen) atoms. The van der Waals surface area contributed by atoms with Crippen LogP contribution in [0.25, 0.3) is 32.9 Å². The van der Waals surface area contributed by atoms with Crippen LogP contribution < -0.4 is 0 Å². The minimum atomic E-state index is 1.01. The van der Waals surface area contributed by atoms with Gasteiger partial charge in [0.2, 0.25) is 0 Å². The van der Waals surface area contributed by atoms with E-state index >= 15 is 0 Å². The molecule has 0 aliphatic rings. The lowest BCUT2D eigenvalue weighted by atomic mass is 9.99. The highest BCUT2D eigenvalue weighted by Gasteiger charge is 2.10. The lowest BCUT2D eigenvalue weighted by Gasteiger charge is -2.11. The zero-order valence-corrected chi connectivity index (χ0v) is 12.7. The summed E-state index contributed by atoms with van der Waals surface area (Å²) in [6.45, 7) is 4.20. The standard InChI is InChI=1S/C20H16N2/c1-13-14(2)22-20(18-9-5-4-8-17(13)18)16-11-15-7-3-6-10-19(15)21-12-16/h3-12H,1-2H3. The van der Waals surface area contributed by atoms with E-state index in [0.717, 1.165) is 27.9 Å². The summed E-state index contributed by atoms with van der Waals surface area (Å²) in [6.07, 6.45) is 1.92. The molecule has 2 aromatic heterocycles. The first-order valence-electron chi connectivity index (χ1n) is 7.45. The summed E-state index contributed by atoms with van der Waals surface area (Å²) in [6, 6.07) is 18.8. The fourth-order valence-electron chi connectivity index (χ4n) is 2.94. The molecule has 0 saturated heterocycles. The molecule has 2 nitrogen and oxygen atoms in total. The second-order valence-electron chi connectivity index (χ2n) is 5.63. The number of fused-ring (bicyclic) bond motifs is 2. The zero-order chi connectivity index (χ0) is 15.1. The molecule has 0 unspecified atom stereocenters. The highest BCUT2D eigenvalue weighted by molar-refractivity contribution is 5.98. The Hall–Kier alpha value is -2.74. The van der Waals surface area contributed by atoms with E-state index in [0.29, 0.717) is 0 Å². The molecule has 0 atom stereocenters. The van der Waals surface area contributed by atoms with Gasteiger partial charge in [-0.2, -0.15) is 0 Å². The van der Waals surface area contributed by atoms with Crippen LogP contribution >= 0.6 is 0 Å². The maximum atomic E-state index is 4.84. The maximum absolute atomic E-state index is 4.84. The molecule has 4 aromatic rings. The fourth-order valence-corrected chi connectivity index (χ4v) is 2.94. The van der Waals surface area contributed by atoms with Crippen molar-refractivity contribution in [3.8, 4) is 11.3 Å². The quantitative estimate of drug-likeness (QED) is 0.488. The van der Waals surface area contributed by atoms with E-state index in [1.54, 1.807) is 0 Å². The molecule has 2 aromatic carbocycles. The summed E-state index contributed by atoms with van der Waals surface area (Å²) in [7, 11) is 0. The van der Waals surface area contributed by atoms with Crippen LogP contribution in [-0.4, -0.2) is 9.97 Å². The SMILES string of the molecule is Cc1nc(-c2cnc3ccccc3c2)c2ccccc2c1C. The first-order valence-corrected chi connectivity index (χ1v) is 7.45. The van der Waals surface area contributed by atoms with Crippen LogP contribution in [0.4, 0.5) is 0 Å². The Morgan fingerprint density at radius 1 is 0.818 bits per heavy atom. The highest BCUT2D eigenvalue weighted by atomic mass is 14.7. The molecule has 2 heteroatoms. The molecule has 0 bridgehead atoms. The van der Waals surface area contributed by atoms with E-state index < -0.39 is 0 Å². The molecule has 106 valence electrons. The Labute approximate surface area is 129 Å². The third-order valence-electron chi connectivity index (χ3n) is 4.27. The lowest BCUT2D eigenvalue weighted by Crippen LogP contribution is -1.94. The summed E-state index contributed by atoms with van der Waals surface area (Å²) < 4.78 is 0. The minimum absolute atomic E-state index is 1.01. The molecule has 0 amide bonds. The molecule has 0 aliphatic carbocycles. The number of aryl methyl sites for hydroxylation is 2.